The third-order valence-corrected chi connectivity index (χ3v) is 3.44. The summed E-state index contributed by atoms with van der Waals surface area (Å²) in [5, 5.41) is 0. The van der Waals surface area contributed by atoms with Crippen LogP contribution in [-0.2, 0) is 4.74 Å². The maximum absolute atomic E-state index is 11.7. The summed E-state index contributed by atoms with van der Waals surface area (Å²) in [5.41, 5.74) is 8.86. The lowest BCUT2D eigenvalue weighted by molar-refractivity contribution is 0.0595. The maximum atomic E-state index is 11.7. The molecule has 0 aliphatic heterocycles. The van der Waals surface area contributed by atoms with Gasteiger partial charge in [-0.3, -0.25) is 0 Å². The van der Waals surface area contributed by atoms with Gasteiger partial charge in [0.1, 0.15) is 0 Å². The number of anilines is 1. The molecule has 0 radical (unpaired) electrons. The van der Waals surface area contributed by atoms with Gasteiger partial charge in [0.15, 0.2) is 5.69 Å². The normalized spacial score (nSPS) is 10.3. The Kier molecular flexibility index (Phi) is 4.04. The molecule has 0 spiro atoms. The van der Waals surface area contributed by atoms with Crippen molar-refractivity contribution in [2.24, 2.45) is 0 Å². The number of methoxy groups -OCH3 is 1. The fraction of sp³-hybridized carbons (Fsp3) is 0.143. The van der Waals surface area contributed by atoms with Crippen LogP contribution in [0.4, 0.5) is 5.69 Å². The number of benzene rings is 1. The lowest BCUT2D eigenvalue weighted by atomic mass is 10.1. The number of rotatable bonds is 2. The van der Waals surface area contributed by atoms with Gasteiger partial charge in [-0.25, -0.2) is 9.78 Å². The van der Waals surface area contributed by atoms with E-state index in [0.717, 1.165) is 14.7 Å². The zero-order valence-corrected chi connectivity index (χ0v) is 12.8. The minimum atomic E-state index is -0.520. The molecular weight excluding hydrogens is 355 g/mol. The molecule has 2 aromatic rings. The molecule has 0 unspecified atom stereocenters. The van der Waals surface area contributed by atoms with Gasteiger partial charge in [-0.15, -0.1) is 0 Å². The highest BCUT2D eigenvalue weighted by atomic mass is 127. The summed E-state index contributed by atoms with van der Waals surface area (Å²) < 4.78 is 5.81. The van der Waals surface area contributed by atoms with E-state index < -0.39 is 5.97 Å². The van der Waals surface area contributed by atoms with E-state index in [-0.39, 0.29) is 5.69 Å². The lowest BCUT2D eigenvalue weighted by Crippen LogP contribution is -2.10. The Morgan fingerprint density at radius 3 is 2.74 bits per heavy atom. The van der Waals surface area contributed by atoms with Crippen molar-refractivity contribution in [2.75, 3.05) is 12.8 Å². The molecule has 5 heteroatoms. The van der Waals surface area contributed by atoms with E-state index in [0.29, 0.717) is 11.4 Å². The van der Waals surface area contributed by atoms with Crippen LogP contribution in [-0.4, -0.2) is 18.1 Å². The second-order valence-electron chi connectivity index (χ2n) is 4.09. The molecule has 4 nitrogen and oxygen atoms in total. The number of esters is 1. The topological polar surface area (TPSA) is 65.2 Å². The highest BCUT2D eigenvalue weighted by Gasteiger charge is 2.16. The van der Waals surface area contributed by atoms with Crippen LogP contribution >= 0.6 is 22.6 Å². The standard InChI is InChI=1S/C14H13IN2O2/c1-8-6-11(9-4-3-5-10(15)7-9)17-13(12(8)16)14(18)19-2/h3-7H,16H2,1-2H3. The SMILES string of the molecule is COC(=O)c1nc(-c2cccc(I)c2)cc(C)c1N. The molecule has 2 rings (SSSR count). The van der Waals surface area contributed by atoms with Crippen LogP contribution in [0, 0.1) is 10.5 Å². The molecule has 1 aromatic carbocycles. The predicted octanol–water partition coefficient (Wildman–Crippen LogP) is 3.03. The Labute approximate surface area is 125 Å². The third-order valence-electron chi connectivity index (χ3n) is 2.76. The molecule has 0 aliphatic carbocycles. The van der Waals surface area contributed by atoms with E-state index in [4.69, 9.17) is 10.5 Å². The van der Waals surface area contributed by atoms with Crippen LogP contribution in [0.5, 0.6) is 0 Å². The van der Waals surface area contributed by atoms with Crippen molar-refractivity contribution in [3.05, 3.63) is 45.2 Å². The number of nitrogens with zero attached hydrogens (tertiary/aromatic N) is 1. The minimum absolute atomic E-state index is 0.163. The smallest absolute Gasteiger partial charge is 0.358 e. The Morgan fingerprint density at radius 2 is 2.11 bits per heavy atom. The van der Waals surface area contributed by atoms with Gasteiger partial charge in [-0.05, 0) is 53.3 Å². The molecule has 0 atom stereocenters. The van der Waals surface area contributed by atoms with Gasteiger partial charge in [0.25, 0.3) is 0 Å². The number of carbonyl (C=O) groups is 1. The Hall–Kier alpha value is -1.63. The molecule has 0 saturated heterocycles. The maximum Gasteiger partial charge on any atom is 0.358 e. The summed E-state index contributed by atoms with van der Waals surface area (Å²) in [5.74, 6) is -0.520. The monoisotopic (exact) mass is 368 g/mol. The summed E-state index contributed by atoms with van der Waals surface area (Å²) >= 11 is 2.23. The molecule has 98 valence electrons. The molecule has 1 aromatic heterocycles. The number of aryl methyl sites for hydroxylation is 1. The van der Waals surface area contributed by atoms with Crippen LogP contribution in [0.1, 0.15) is 16.1 Å². The number of aromatic nitrogens is 1. The third kappa shape index (κ3) is 2.86. The first kappa shape index (κ1) is 13.8. The van der Waals surface area contributed by atoms with E-state index in [9.17, 15) is 4.79 Å². The number of hydrogen-bond donors (Lipinski definition) is 1. The average molecular weight is 368 g/mol. The van der Waals surface area contributed by atoms with E-state index in [1.807, 2.05) is 37.3 Å². The van der Waals surface area contributed by atoms with Gasteiger partial charge in [0.05, 0.1) is 18.5 Å². The summed E-state index contributed by atoms with van der Waals surface area (Å²) in [6.07, 6.45) is 0. The van der Waals surface area contributed by atoms with Gasteiger partial charge in [0.2, 0.25) is 0 Å². The van der Waals surface area contributed by atoms with Gasteiger partial charge >= 0.3 is 5.97 Å². The quantitative estimate of drug-likeness (QED) is 0.654. The van der Waals surface area contributed by atoms with Crippen LogP contribution in [0.2, 0.25) is 0 Å². The van der Waals surface area contributed by atoms with Gasteiger partial charge < -0.3 is 10.5 Å². The van der Waals surface area contributed by atoms with Gasteiger partial charge in [-0.2, -0.15) is 0 Å². The molecule has 0 saturated carbocycles. The van der Waals surface area contributed by atoms with Crippen molar-refractivity contribution in [2.45, 2.75) is 6.92 Å². The molecule has 19 heavy (non-hydrogen) atoms. The first-order valence-corrected chi connectivity index (χ1v) is 6.72. The van der Waals surface area contributed by atoms with Crippen molar-refractivity contribution in [3.63, 3.8) is 0 Å². The molecule has 0 fully saturated rings. The highest BCUT2D eigenvalue weighted by Crippen LogP contribution is 2.25. The van der Waals surface area contributed by atoms with E-state index in [2.05, 4.69) is 27.6 Å². The fourth-order valence-electron chi connectivity index (χ4n) is 1.73. The lowest BCUT2D eigenvalue weighted by Gasteiger charge is -2.09. The number of ether oxygens (including phenoxy) is 1. The number of nitrogens with two attached hydrogens (primary N) is 1. The molecular formula is C14H13IN2O2. The Balaban J connectivity index is 2.60. The summed E-state index contributed by atoms with van der Waals surface area (Å²) in [6.45, 7) is 1.85. The van der Waals surface area contributed by atoms with Crippen LogP contribution < -0.4 is 5.73 Å². The van der Waals surface area contributed by atoms with Crippen LogP contribution in [0.15, 0.2) is 30.3 Å². The number of hydrogen-bond acceptors (Lipinski definition) is 4. The summed E-state index contributed by atoms with van der Waals surface area (Å²) in [7, 11) is 1.32. The molecule has 0 amide bonds. The molecule has 0 aliphatic rings. The second kappa shape index (κ2) is 5.56. The van der Waals surface area contributed by atoms with E-state index in [1.165, 1.54) is 7.11 Å². The van der Waals surface area contributed by atoms with Crippen LogP contribution in [0.25, 0.3) is 11.3 Å². The molecule has 2 N–H and O–H groups in total. The number of nitrogen functional groups attached to an aromatic ring is 1. The van der Waals surface area contributed by atoms with Gasteiger partial charge in [-0.1, -0.05) is 12.1 Å². The minimum Gasteiger partial charge on any atom is -0.464 e. The molecule has 0 bridgehead atoms. The largest absolute Gasteiger partial charge is 0.464 e. The summed E-state index contributed by atoms with van der Waals surface area (Å²) in [4.78, 5) is 16.0. The Bertz CT molecular complexity index is 641. The van der Waals surface area contributed by atoms with Gasteiger partial charge in [0, 0.05) is 9.13 Å². The zero-order valence-electron chi connectivity index (χ0n) is 10.6. The number of carbonyl (C=O) groups excluding carboxylic acids is 1. The van der Waals surface area contributed by atoms with Crippen molar-refractivity contribution >= 4 is 34.2 Å². The van der Waals surface area contributed by atoms with E-state index >= 15 is 0 Å². The van der Waals surface area contributed by atoms with E-state index in [1.54, 1.807) is 0 Å². The van der Waals surface area contributed by atoms with Crippen LogP contribution in [0.3, 0.4) is 0 Å². The molecule has 1 heterocycles. The fourth-order valence-corrected chi connectivity index (χ4v) is 2.27. The van der Waals surface area contributed by atoms with Crippen molar-refractivity contribution in [3.8, 4) is 11.3 Å². The zero-order chi connectivity index (χ0) is 14.0. The first-order valence-electron chi connectivity index (χ1n) is 5.64. The van der Waals surface area contributed by atoms with Crippen molar-refractivity contribution in [1.82, 2.24) is 4.98 Å². The average Bonchev–Trinajstić information content (AvgIpc) is 2.40. The Morgan fingerprint density at radius 1 is 1.37 bits per heavy atom. The predicted molar refractivity (Wildman–Crippen MR) is 82.9 cm³/mol. The highest BCUT2D eigenvalue weighted by molar-refractivity contribution is 14.1. The number of halogens is 1. The van der Waals surface area contributed by atoms with Crippen molar-refractivity contribution in [1.29, 1.82) is 0 Å². The number of pyridine rings is 1. The first-order chi connectivity index (χ1) is 9.02. The van der Waals surface area contributed by atoms with Crippen molar-refractivity contribution < 1.29 is 9.53 Å². The summed E-state index contributed by atoms with van der Waals surface area (Å²) in [6, 6.07) is 9.76. The second-order valence-corrected chi connectivity index (χ2v) is 5.33.